The van der Waals surface area contributed by atoms with Crippen molar-refractivity contribution in [3.63, 3.8) is 0 Å². The van der Waals surface area contributed by atoms with Crippen molar-refractivity contribution < 1.29 is 9.90 Å². The van der Waals surface area contributed by atoms with Crippen LogP contribution < -0.4 is 5.32 Å². The molecule has 1 fully saturated rings. The number of pyridine rings is 1. The Labute approximate surface area is 174 Å². The van der Waals surface area contributed by atoms with Gasteiger partial charge in [0.05, 0.1) is 28.0 Å². The first-order valence-electron chi connectivity index (χ1n) is 9.94. The molecule has 1 aromatic carbocycles. The van der Waals surface area contributed by atoms with Gasteiger partial charge < -0.3 is 10.4 Å². The van der Waals surface area contributed by atoms with E-state index in [2.05, 4.69) is 20.5 Å². The highest BCUT2D eigenvalue weighted by Gasteiger charge is 2.31. The number of aromatic nitrogens is 3. The van der Waals surface area contributed by atoms with Gasteiger partial charge in [-0.3, -0.25) is 14.9 Å². The van der Waals surface area contributed by atoms with E-state index in [1.807, 2.05) is 38.1 Å². The highest BCUT2D eigenvalue weighted by molar-refractivity contribution is 6.35. The number of halogens is 1. The molecule has 6 nitrogen and oxygen atoms in total. The quantitative estimate of drug-likeness (QED) is 0.594. The van der Waals surface area contributed by atoms with Gasteiger partial charge in [-0.05, 0) is 57.6 Å². The van der Waals surface area contributed by atoms with Crippen LogP contribution in [0, 0.1) is 5.92 Å². The normalized spacial score (nSPS) is 20.0. The maximum Gasteiger partial charge on any atom is 0.251 e. The second-order valence-electron chi connectivity index (χ2n) is 8.37. The summed E-state index contributed by atoms with van der Waals surface area (Å²) in [6.45, 7) is 3.73. The third kappa shape index (κ3) is 4.14. The first-order valence-corrected chi connectivity index (χ1v) is 10.3. The van der Waals surface area contributed by atoms with Crippen LogP contribution in [0.4, 0.5) is 0 Å². The molecule has 2 heterocycles. The second kappa shape index (κ2) is 7.76. The first kappa shape index (κ1) is 19.9. The van der Waals surface area contributed by atoms with Crippen molar-refractivity contribution in [3.05, 3.63) is 47.2 Å². The number of hydrogen-bond donors (Lipinski definition) is 3. The Morgan fingerprint density at radius 2 is 1.86 bits per heavy atom. The lowest BCUT2D eigenvalue weighted by Crippen LogP contribution is -2.41. The van der Waals surface area contributed by atoms with Gasteiger partial charge in [-0.25, -0.2) is 0 Å². The van der Waals surface area contributed by atoms with Crippen LogP contribution in [0.1, 0.15) is 49.9 Å². The Hall–Kier alpha value is -2.44. The van der Waals surface area contributed by atoms with E-state index in [4.69, 9.17) is 11.6 Å². The van der Waals surface area contributed by atoms with Crippen molar-refractivity contribution in [3.8, 4) is 11.3 Å². The second-order valence-corrected chi connectivity index (χ2v) is 8.77. The highest BCUT2D eigenvalue weighted by atomic mass is 35.5. The number of nitrogens with one attached hydrogen (secondary N) is 2. The molecule has 1 aliphatic carbocycles. The fraction of sp³-hybridized carbons (Fsp3) is 0.409. The molecule has 0 bridgehead atoms. The number of rotatable bonds is 4. The summed E-state index contributed by atoms with van der Waals surface area (Å²) in [6.07, 6.45) is 6.94. The van der Waals surface area contributed by atoms with Crippen LogP contribution in [0.25, 0.3) is 22.2 Å². The van der Waals surface area contributed by atoms with E-state index in [9.17, 15) is 9.90 Å². The third-order valence-electron chi connectivity index (χ3n) is 5.92. The molecule has 29 heavy (non-hydrogen) atoms. The fourth-order valence-electron chi connectivity index (χ4n) is 4.13. The van der Waals surface area contributed by atoms with Gasteiger partial charge in [-0.2, -0.15) is 5.10 Å². The minimum atomic E-state index is -0.652. The Morgan fingerprint density at radius 1 is 1.17 bits per heavy atom. The van der Waals surface area contributed by atoms with Gasteiger partial charge in [-0.1, -0.05) is 23.7 Å². The van der Waals surface area contributed by atoms with E-state index < -0.39 is 5.60 Å². The number of benzene rings is 1. The lowest BCUT2D eigenvalue weighted by atomic mass is 9.77. The molecule has 1 aliphatic rings. The zero-order chi connectivity index (χ0) is 20.6. The number of fused-ring (bicyclic) bond motifs is 1. The molecule has 1 saturated carbocycles. The Kier molecular flexibility index (Phi) is 5.32. The summed E-state index contributed by atoms with van der Waals surface area (Å²) in [5.74, 6) is 0.224. The topological polar surface area (TPSA) is 90.9 Å². The van der Waals surface area contributed by atoms with E-state index in [1.165, 1.54) is 0 Å². The van der Waals surface area contributed by atoms with Crippen LogP contribution in [0.3, 0.4) is 0 Å². The molecule has 0 atom stereocenters. The summed E-state index contributed by atoms with van der Waals surface area (Å²) >= 11 is 6.15. The largest absolute Gasteiger partial charge is 0.390 e. The minimum absolute atomic E-state index is 0.0687. The van der Waals surface area contributed by atoms with Crippen molar-refractivity contribution in [2.24, 2.45) is 5.92 Å². The van der Waals surface area contributed by atoms with Crippen molar-refractivity contribution in [1.29, 1.82) is 0 Å². The number of amides is 1. The number of aromatic amines is 1. The van der Waals surface area contributed by atoms with Gasteiger partial charge >= 0.3 is 0 Å². The molecule has 0 spiro atoms. The van der Waals surface area contributed by atoms with Gasteiger partial charge in [0.2, 0.25) is 0 Å². The lowest BCUT2D eigenvalue weighted by Gasteiger charge is -2.36. The number of aliphatic hydroxyl groups is 1. The van der Waals surface area contributed by atoms with Crippen molar-refractivity contribution in [1.82, 2.24) is 20.5 Å². The Bertz CT molecular complexity index is 1020. The van der Waals surface area contributed by atoms with E-state index >= 15 is 0 Å². The molecule has 3 aromatic rings. The van der Waals surface area contributed by atoms with Gasteiger partial charge in [0, 0.05) is 28.8 Å². The van der Waals surface area contributed by atoms with E-state index in [1.54, 1.807) is 12.4 Å². The Morgan fingerprint density at radius 3 is 2.52 bits per heavy atom. The van der Waals surface area contributed by atoms with Crippen LogP contribution in [0.2, 0.25) is 5.02 Å². The van der Waals surface area contributed by atoms with Gasteiger partial charge in [-0.15, -0.1) is 0 Å². The van der Waals surface area contributed by atoms with Gasteiger partial charge in [0.15, 0.2) is 0 Å². The first-order chi connectivity index (χ1) is 13.8. The summed E-state index contributed by atoms with van der Waals surface area (Å²) in [5, 5.41) is 21.6. The number of carbonyl (C=O) groups excluding carboxylic acids is 1. The average molecular weight is 413 g/mol. The van der Waals surface area contributed by atoms with Crippen LogP contribution in [-0.4, -0.2) is 37.8 Å². The highest BCUT2D eigenvalue weighted by Crippen LogP contribution is 2.33. The lowest BCUT2D eigenvalue weighted by molar-refractivity contribution is -0.00257. The molecule has 0 aliphatic heterocycles. The number of nitrogens with zero attached hydrogens (tertiary/aromatic N) is 2. The van der Waals surface area contributed by atoms with Crippen LogP contribution in [-0.2, 0) is 0 Å². The number of H-pyrrole nitrogens is 1. The molecular formula is C22H25ClN4O2. The fourth-order valence-corrected chi connectivity index (χ4v) is 4.32. The molecule has 0 unspecified atom stereocenters. The summed E-state index contributed by atoms with van der Waals surface area (Å²) in [4.78, 5) is 17.1. The molecule has 152 valence electrons. The van der Waals surface area contributed by atoms with Crippen molar-refractivity contribution >= 4 is 28.4 Å². The number of carbonyl (C=O) groups is 1. The molecule has 7 heteroatoms. The van der Waals surface area contributed by atoms with E-state index in [0.29, 0.717) is 16.5 Å². The van der Waals surface area contributed by atoms with Crippen LogP contribution in [0.15, 0.2) is 36.7 Å². The molecule has 0 saturated heterocycles. The SMILES string of the molecule is CC(C)(O)C1CCC(NC(=O)c2ccc(-c3ncc(Cl)c4[nH]ncc34)cc2)CC1. The van der Waals surface area contributed by atoms with Gasteiger partial charge in [0.1, 0.15) is 0 Å². The maximum atomic E-state index is 12.6. The van der Waals surface area contributed by atoms with E-state index in [-0.39, 0.29) is 11.9 Å². The summed E-state index contributed by atoms with van der Waals surface area (Å²) in [6, 6.07) is 7.57. The maximum absolute atomic E-state index is 12.6. The Balaban J connectivity index is 1.44. The average Bonchev–Trinajstić information content (AvgIpc) is 3.19. The summed E-state index contributed by atoms with van der Waals surface area (Å²) < 4.78 is 0. The van der Waals surface area contributed by atoms with Gasteiger partial charge in [0.25, 0.3) is 5.91 Å². The molecule has 3 N–H and O–H groups in total. The predicted octanol–water partition coefficient (Wildman–Crippen LogP) is 4.34. The monoisotopic (exact) mass is 412 g/mol. The standard InChI is InChI=1S/C22H25ClN4O2/c1-22(2,29)15-7-9-16(10-8-15)26-21(28)14-5-3-13(4-6-14)19-17-11-25-27-20(17)18(23)12-24-19/h3-6,11-12,15-16,29H,7-10H2,1-2H3,(H,25,27)(H,26,28). The zero-order valence-corrected chi connectivity index (χ0v) is 17.3. The molecule has 1 amide bonds. The third-order valence-corrected chi connectivity index (χ3v) is 6.21. The van der Waals surface area contributed by atoms with Crippen LogP contribution in [0.5, 0.6) is 0 Å². The smallest absolute Gasteiger partial charge is 0.251 e. The summed E-state index contributed by atoms with van der Waals surface area (Å²) in [5.41, 5.74) is 2.39. The molecular weight excluding hydrogens is 388 g/mol. The molecule has 0 radical (unpaired) electrons. The molecule has 2 aromatic heterocycles. The summed E-state index contributed by atoms with van der Waals surface area (Å²) in [7, 11) is 0. The minimum Gasteiger partial charge on any atom is -0.390 e. The zero-order valence-electron chi connectivity index (χ0n) is 16.6. The molecule has 4 rings (SSSR count). The van der Waals surface area contributed by atoms with E-state index in [0.717, 1.165) is 47.8 Å². The van der Waals surface area contributed by atoms with Crippen LogP contribution >= 0.6 is 11.6 Å². The van der Waals surface area contributed by atoms with Crippen molar-refractivity contribution in [2.45, 2.75) is 51.2 Å². The predicted molar refractivity (Wildman–Crippen MR) is 114 cm³/mol. The van der Waals surface area contributed by atoms with Crippen molar-refractivity contribution in [2.75, 3.05) is 0 Å². The number of hydrogen-bond acceptors (Lipinski definition) is 4.